The molecule has 0 saturated carbocycles. The summed E-state index contributed by atoms with van der Waals surface area (Å²) in [4.78, 5) is 23.6. The van der Waals surface area contributed by atoms with Gasteiger partial charge in [-0.2, -0.15) is 10.1 Å². The van der Waals surface area contributed by atoms with Gasteiger partial charge in [-0.05, 0) is 36.8 Å². The average molecular weight is 375 g/mol. The number of hydrogen-bond acceptors (Lipinski definition) is 6. The molecule has 1 unspecified atom stereocenters. The third kappa shape index (κ3) is 3.20. The number of rotatable bonds is 4. The molecule has 142 valence electrons. The summed E-state index contributed by atoms with van der Waals surface area (Å²) >= 11 is 0. The maximum Gasteiger partial charge on any atom is 0.257 e. The Morgan fingerprint density at radius 2 is 1.93 bits per heavy atom. The molecule has 8 heteroatoms. The van der Waals surface area contributed by atoms with E-state index in [0.717, 1.165) is 16.9 Å². The minimum absolute atomic E-state index is 0.230. The van der Waals surface area contributed by atoms with Gasteiger partial charge in [0.25, 0.3) is 5.91 Å². The Morgan fingerprint density at radius 1 is 1.14 bits per heavy atom. The minimum Gasteiger partial charge on any atom is -0.378 e. The van der Waals surface area contributed by atoms with Gasteiger partial charge in [0.05, 0.1) is 5.57 Å². The lowest BCUT2D eigenvalue weighted by Crippen LogP contribution is -2.31. The van der Waals surface area contributed by atoms with Gasteiger partial charge in [-0.15, -0.1) is 0 Å². The second-order valence-corrected chi connectivity index (χ2v) is 6.75. The van der Waals surface area contributed by atoms with E-state index in [-0.39, 0.29) is 5.91 Å². The number of benzene rings is 1. The standard InChI is InChI=1S/C20H21N7O/c1-13-17(19(28)25-16-6-4-5-11-21-16)18(27-20(24-13)22-12-23-27)14-7-9-15(10-8-14)26(2)3/h4-12,18H,1-3H3,(H,21,25,28)(H,22,23,24). The fraction of sp³-hybridized carbons (Fsp3) is 0.200. The van der Waals surface area contributed by atoms with E-state index in [1.807, 2.05) is 56.3 Å². The molecule has 3 heterocycles. The molecule has 0 aliphatic carbocycles. The normalized spacial score (nSPS) is 15.6. The zero-order valence-corrected chi connectivity index (χ0v) is 15.9. The molecular formula is C20H21N7O. The molecule has 1 aliphatic heterocycles. The lowest BCUT2D eigenvalue weighted by Gasteiger charge is -2.29. The van der Waals surface area contributed by atoms with Crippen molar-refractivity contribution in [2.75, 3.05) is 29.6 Å². The predicted octanol–water partition coefficient (Wildman–Crippen LogP) is 2.67. The van der Waals surface area contributed by atoms with Gasteiger partial charge in [0, 0.05) is 31.7 Å². The van der Waals surface area contributed by atoms with Crippen molar-refractivity contribution in [2.45, 2.75) is 13.0 Å². The van der Waals surface area contributed by atoms with Crippen molar-refractivity contribution in [2.24, 2.45) is 0 Å². The smallest absolute Gasteiger partial charge is 0.257 e. The highest BCUT2D eigenvalue weighted by molar-refractivity contribution is 6.05. The number of amides is 1. The number of pyridine rings is 1. The van der Waals surface area contributed by atoms with Gasteiger partial charge in [-0.1, -0.05) is 18.2 Å². The summed E-state index contributed by atoms with van der Waals surface area (Å²) in [6.07, 6.45) is 3.12. The van der Waals surface area contributed by atoms with E-state index in [4.69, 9.17) is 0 Å². The first-order chi connectivity index (χ1) is 13.5. The lowest BCUT2D eigenvalue weighted by molar-refractivity contribution is -0.113. The number of carbonyl (C=O) groups is 1. The van der Waals surface area contributed by atoms with Crippen LogP contribution in [0.4, 0.5) is 17.5 Å². The van der Waals surface area contributed by atoms with Gasteiger partial charge < -0.3 is 15.5 Å². The summed E-state index contributed by atoms with van der Waals surface area (Å²) in [6, 6.07) is 13.1. The van der Waals surface area contributed by atoms with Crippen LogP contribution in [0.3, 0.4) is 0 Å². The SMILES string of the molecule is CC1=C(C(=O)Nc2ccccn2)C(c2ccc(N(C)C)cc2)n2ncnc2N1. The van der Waals surface area contributed by atoms with E-state index in [1.54, 1.807) is 23.0 Å². The number of hydrogen-bond donors (Lipinski definition) is 2. The average Bonchev–Trinajstić information content (AvgIpc) is 3.15. The van der Waals surface area contributed by atoms with Gasteiger partial charge in [0.2, 0.25) is 5.95 Å². The number of nitrogens with one attached hydrogen (secondary N) is 2. The third-order valence-corrected chi connectivity index (χ3v) is 4.67. The number of nitrogens with zero attached hydrogens (tertiary/aromatic N) is 5. The topological polar surface area (TPSA) is 88.0 Å². The number of carbonyl (C=O) groups excluding carboxylic acids is 1. The van der Waals surface area contributed by atoms with E-state index in [0.29, 0.717) is 17.3 Å². The van der Waals surface area contributed by atoms with Gasteiger partial charge >= 0.3 is 0 Å². The Balaban J connectivity index is 1.75. The Labute approximate surface area is 162 Å². The number of fused-ring (bicyclic) bond motifs is 1. The quantitative estimate of drug-likeness (QED) is 0.729. The fourth-order valence-electron chi connectivity index (χ4n) is 3.27. The Bertz CT molecular complexity index is 1020. The van der Waals surface area contributed by atoms with Crippen LogP contribution in [0.5, 0.6) is 0 Å². The summed E-state index contributed by atoms with van der Waals surface area (Å²) in [5.74, 6) is 0.874. The predicted molar refractivity (Wildman–Crippen MR) is 108 cm³/mol. The van der Waals surface area contributed by atoms with Gasteiger partial charge in [0.15, 0.2) is 0 Å². The second-order valence-electron chi connectivity index (χ2n) is 6.75. The van der Waals surface area contributed by atoms with E-state index < -0.39 is 6.04 Å². The molecule has 2 N–H and O–H groups in total. The van der Waals surface area contributed by atoms with Crippen LogP contribution in [0.1, 0.15) is 18.5 Å². The Hall–Kier alpha value is -3.68. The van der Waals surface area contributed by atoms with Gasteiger partial charge in [-0.25, -0.2) is 9.67 Å². The third-order valence-electron chi connectivity index (χ3n) is 4.67. The Morgan fingerprint density at radius 3 is 2.61 bits per heavy atom. The summed E-state index contributed by atoms with van der Waals surface area (Å²) in [5, 5.41) is 10.4. The van der Waals surface area contributed by atoms with E-state index in [2.05, 4.69) is 25.7 Å². The molecule has 2 aromatic heterocycles. The summed E-state index contributed by atoms with van der Waals surface area (Å²) in [5.41, 5.74) is 3.33. The molecule has 0 bridgehead atoms. The van der Waals surface area contributed by atoms with Crippen LogP contribution in [-0.2, 0) is 4.79 Å². The number of allylic oxidation sites excluding steroid dienone is 1. The van der Waals surface area contributed by atoms with Crippen molar-refractivity contribution in [3.8, 4) is 0 Å². The first kappa shape index (κ1) is 17.7. The maximum absolute atomic E-state index is 13.1. The molecule has 1 aromatic carbocycles. The van der Waals surface area contributed by atoms with Gasteiger partial charge in [-0.3, -0.25) is 4.79 Å². The summed E-state index contributed by atoms with van der Waals surface area (Å²) in [7, 11) is 3.98. The summed E-state index contributed by atoms with van der Waals surface area (Å²) in [6.45, 7) is 1.87. The first-order valence-electron chi connectivity index (χ1n) is 8.91. The van der Waals surface area contributed by atoms with Crippen molar-refractivity contribution in [1.29, 1.82) is 0 Å². The number of anilines is 3. The minimum atomic E-state index is -0.390. The molecule has 1 atom stereocenters. The first-order valence-corrected chi connectivity index (χ1v) is 8.91. The zero-order chi connectivity index (χ0) is 19.7. The van der Waals surface area contributed by atoms with Crippen LogP contribution in [0, 0.1) is 0 Å². The molecule has 3 aromatic rings. The zero-order valence-electron chi connectivity index (χ0n) is 15.9. The largest absolute Gasteiger partial charge is 0.378 e. The van der Waals surface area contributed by atoms with Crippen LogP contribution in [-0.4, -0.2) is 39.8 Å². The van der Waals surface area contributed by atoms with Crippen molar-refractivity contribution in [3.63, 3.8) is 0 Å². The molecule has 0 fully saturated rings. The second kappa shape index (κ2) is 7.15. The molecule has 28 heavy (non-hydrogen) atoms. The van der Waals surface area contributed by atoms with Crippen molar-refractivity contribution >= 4 is 23.4 Å². The Kier molecular flexibility index (Phi) is 4.52. The highest BCUT2D eigenvalue weighted by Gasteiger charge is 2.33. The molecule has 0 radical (unpaired) electrons. The van der Waals surface area contributed by atoms with Crippen LogP contribution in [0.25, 0.3) is 0 Å². The number of aromatic nitrogens is 4. The molecule has 0 saturated heterocycles. The van der Waals surface area contributed by atoms with Crippen molar-refractivity contribution < 1.29 is 4.79 Å². The molecule has 8 nitrogen and oxygen atoms in total. The highest BCUT2D eigenvalue weighted by atomic mass is 16.1. The lowest BCUT2D eigenvalue weighted by atomic mass is 9.95. The van der Waals surface area contributed by atoms with E-state index in [9.17, 15) is 4.79 Å². The van der Waals surface area contributed by atoms with E-state index >= 15 is 0 Å². The van der Waals surface area contributed by atoms with Crippen LogP contribution in [0.2, 0.25) is 0 Å². The molecule has 1 amide bonds. The van der Waals surface area contributed by atoms with Crippen LogP contribution < -0.4 is 15.5 Å². The monoisotopic (exact) mass is 375 g/mol. The van der Waals surface area contributed by atoms with Crippen molar-refractivity contribution in [1.82, 2.24) is 19.7 Å². The van der Waals surface area contributed by atoms with E-state index in [1.165, 1.54) is 6.33 Å². The van der Waals surface area contributed by atoms with Crippen molar-refractivity contribution in [3.05, 3.63) is 71.8 Å². The maximum atomic E-state index is 13.1. The van der Waals surface area contributed by atoms with Gasteiger partial charge in [0.1, 0.15) is 18.2 Å². The highest BCUT2D eigenvalue weighted by Crippen LogP contribution is 2.35. The molecule has 0 spiro atoms. The molecule has 4 rings (SSSR count). The molecule has 1 aliphatic rings. The summed E-state index contributed by atoms with van der Waals surface area (Å²) < 4.78 is 1.73. The van der Waals surface area contributed by atoms with Crippen LogP contribution in [0.15, 0.2) is 66.3 Å². The molecular weight excluding hydrogens is 354 g/mol. The van der Waals surface area contributed by atoms with Crippen LogP contribution >= 0.6 is 0 Å². The fourth-order valence-corrected chi connectivity index (χ4v) is 3.27.